The SMILES string of the molecule is Cc1cc(C(=O)NCC(=O)NCC(C)(C(=O)O)c2ccccc2)ccc1[N+](=O)[O-]. The monoisotopic (exact) mass is 399 g/mol. The van der Waals surface area contributed by atoms with E-state index in [0.29, 0.717) is 11.1 Å². The van der Waals surface area contributed by atoms with E-state index < -0.39 is 28.1 Å². The van der Waals surface area contributed by atoms with E-state index in [0.717, 1.165) is 0 Å². The van der Waals surface area contributed by atoms with Gasteiger partial charge in [-0.15, -0.1) is 0 Å². The minimum absolute atomic E-state index is 0.104. The van der Waals surface area contributed by atoms with E-state index in [2.05, 4.69) is 10.6 Å². The summed E-state index contributed by atoms with van der Waals surface area (Å²) < 4.78 is 0. The summed E-state index contributed by atoms with van der Waals surface area (Å²) in [6.07, 6.45) is 0. The van der Waals surface area contributed by atoms with E-state index in [1.807, 2.05) is 0 Å². The van der Waals surface area contributed by atoms with Gasteiger partial charge in [0.2, 0.25) is 5.91 Å². The number of hydrogen-bond donors (Lipinski definition) is 3. The van der Waals surface area contributed by atoms with Crippen molar-refractivity contribution < 1.29 is 24.4 Å². The average molecular weight is 399 g/mol. The number of benzene rings is 2. The van der Waals surface area contributed by atoms with Crippen molar-refractivity contribution in [2.24, 2.45) is 0 Å². The van der Waals surface area contributed by atoms with Gasteiger partial charge in [0.25, 0.3) is 11.6 Å². The normalized spacial score (nSPS) is 12.5. The third kappa shape index (κ3) is 5.16. The van der Waals surface area contributed by atoms with Crippen LogP contribution in [0.1, 0.15) is 28.4 Å². The van der Waals surface area contributed by atoms with E-state index in [1.54, 1.807) is 30.3 Å². The van der Waals surface area contributed by atoms with Gasteiger partial charge < -0.3 is 15.7 Å². The predicted octanol–water partition coefficient (Wildman–Crippen LogP) is 1.79. The fraction of sp³-hybridized carbons (Fsp3) is 0.250. The van der Waals surface area contributed by atoms with Crippen molar-refractivity contribution >= 4 is 23.5 Å². The minimum atomic E-state index is -1.32. The van der Waals surface area contributed by atoms with Gasteiger partial charge in [0, 0.05) is 23.7 Å². The third-order valence-corrected chi connectivity index (χ3v) is 4.59. The van der Waals surface area contributed by atoms with Crippen LogP contribution < -0.4 is 10.6 Å². The fourth-order valence-electron chi connectivity index (χ4n) is 2.71. The number of hydrogen-bond acceptors (Lipinski definition) is 5. The second kappa shape index (κ2) is 8.96. The number of carbonyl (C=O) groups excluding carboxylic acids is 2. The largest absolute Gasteiger partial charge is 0.481 e. The Morgan fingerprint density at radius 1 is 1.10 bits per heavy atom. The van der Waals surface area contributed by atoms with Gasteiger partial charge in [0.05, 0.1) is 11.5 Å². The molecule has 0 fully saturated rings. The Kier molecular flexibility index (Phi) is 6.66. The number of nitrogens with zero attached hydrogens (tertiary/aromatic N) is 1. The summed E-state index contributed by atoms with van der Waals surface area (Å²) in [6, 6.07) is 12.4. The molecule has 2 aromatic carbocycles. The van der Waals surface area contributed by atoms with Gasteiger partial charge in [0.15, 0.2) is 0 Å². The number of aliphatic carboxylic acids is 1. The number of rotatable bonds is 8. The number of nitro groups is 1. The first-order valence-corrected chi connectivity index (χ1v) is 8.74. The van der Waals surface area contributed by atoms with Gasteiger partial charge in [-0.1, -0.05) is 30.3 Å². The summed E-state index contributed by atoms with van der Waals surface area (Å²) in [5.41, 5.74) is -0.379. The number of carbonyl (C=O) groups is 3. The van der Waals surface area contributed by atoms with E-state index in [1.165, 1.54) is 32.0 Å². The van der Waals surface area contributed by atoms with Gasteiger partial charge in [-0.25, -0.2) is 0 Å². The van der Waals surface area contributed by atoms with Crippen LogP contribution in [-0.2, 0) is 15.0 Å². The molecule has 0 heterocycles. The van der Waals surface area contributed by atoms with Crippen molar-refractivity contribution in [3.63, 3.8) is 0 Å². The standard InChI is InChI=1S/C20H21N3O6/c1-13-10-14(8-9-16(13)23(28)29)18(25)21-11-17(24)22-12-20(2,19(26)27)15-6-4-3-5-7-15/h3-10H,11-12H2,1-2H3,(H,21,25)(H,22,24)(H,26,27). The molecule has 0 aliphatic carbocycles. The van der Waals surface area contributed by atoms with Crippen LogP contribution in [0.4, 0.5) is 5.69 Å². The molecule has 0 saturated carbocycles. The number of aryl methyl sites for hydroxylation is 1. The van der Waals surface area contributed by atoms with Gasteiger partial charge in [-0.2, -0.15) is 0 Å². The highest BCUT2D eigenvalue weighted by molar-refractivity contribution is 5.97. The van der Waals surface area contributed by atoms with Crippen LogP contribution in [0.25, 0.3) is 0 Å². The summed E-state index contributed by atoms with van der Waals surface area (Å²) >= 11 is 0. The highest BCUT2D eigenvalue weighted by Crippen LogP contribution is 2.23. The molecule has 0 aromatic heterocycles. The van der Waals surface area contributed by atoms with Gasteiger partial charge in [0.1, 0.15) is 5.41 Å². The van der Waals surface area contributed by atoms with E-state index in [4.69, 9.17) is 0 Å². The van der Waals surface area contributed by atoms with Crippen LogP contribution in [0.15, 0.2) is 48.5 Å². The summed E-state index contributed by atoms with van der Waals surface area (Å²) in [5.74, 6) is -2.21. The second-order valence-corrected chi connectivity index (χ2v) is 6.72. The topological polar surface area (TPSA) is 139 Å². The lowest BCUT2D eigenvalue weighted by Crippen LogP contribution is -2.47. The van der Waals surface area contributed by atoms with Crippen LogP contribution >= 0.6 is 0 Å². The number of nitro benzene ring substituents is 1. The maximum atomic E-state index is 12.2. The first kappa shape index (κ1) is 21.5. The van der Waals surface area contributed by atoms with Crippen LogP contribution in [0, 0.1) is 17.0 Å². The molecular weight excluding hydrogens is 378 g/mol. The zero-order valence-corrected chi connectivity index (χ0v) is 16.0. The Morgan fingerprint density at radius 2 is 1.76 bits per heavy atom. The van der Waals surface area contributed by atoms with Crippen molar-refractivity contribution in [2.75, 3.05) is 13.1 Å². The van der Waals surface area contributed by atoms with Crippen molar-refractivity contribution in [1.82, 2.24) is 10.6 Å². The summed E-state index contributed by atoms with van der Waals surface area (Å²) in [7, 11) is 0. The molecule has 2 aromatic rings. The van der Waals surface area contributed by atoms with Crippen molar-refractivity contribution in [1.29, 1.82) is 0 Å². The minimum Gasteiger partial charge on any atom is -0.481 e. The van der Waals surface area contributed by atoms with Crippen LogP contribution in [0.2, 0.25) is 0 Å². The van der Waals surface area contributed by atoms with E-state index in [-0.39, 0.29) is 24.3 Å². The lowest BCUT2D eigenvalue weighted by molar-refractivity contribution is -0.385. The molecule has 152 valence electrons. The third-order valence-electron chi connectivity index (χ3n) is 4.59. The molecule has 0 bridgehead atoms. The lowest BCUT2D eigenvalue weighted by Gasteiger charge is -2.25. The Labute approximate surface area is 166 Å². The van der Waals surface area contributed by atoms with Crippen molar-refractivity contribution in [2.45, 2.75) is 19.3 Å². The molecule has 0 radical (unpaired) electrons. The molecule has 0 spiro atoms. The molecule has 0 aliphatic heterocycles. The Morgan fingerprint density at radius 3 is 2.31 bits per heavy atom. The number of nitrogens with one attached hydrogen (secondary N) is 2. The molecule has 1 unspecified atom stereocenters. The van der Waals surface area contributed by atoms with Crippen LogP contribution in [0.5, 0.6) is 0 Å². The lowest BCUT2D eigenvalue weighted by atomic mass is 9.82. The van der Waals surface area contributed by atoms with Crippen molar-refractivity contribution in [3.05, 3.63) is 75.3 Å². The number of amides is 2. The molecule has 9 heteroatoms. The van der Waals surface area contributed by atoms with Crippen LogP contribution in [-0.4, -0.2) is 40.9 Å². The highest BCUT2D eigenvalue weighted by atomic mass is 16.6. The zero-order chi connectivity index (χ0) is 21.6. The quantitative estimate of drug-likeness (QED) is 0.457. The van der Waals surface area contributed by atoms with E-state index in [9.17, 15) is 29.6 Å². The molecule has 0 saturated heterocycles. The molecule has 1 atom stereocenters. The van der Waals surface area contributed by atoms with Crippen LogP contribution in [0.3, 0.4) is 0 Å². The molecule has 3 N–H and O–H groups in total. The zero-order valence-electron chi connectivity index (χ0n) is 16.0. The Balaban J connectivity index is 1.95. The Bertz CT molecular complexity index is 944. The van der Waals surface area contributed by atoms with Crippen molar-refractivity contribution in [3.8, 4) is 0 Å². The summed E-state index contributed by atoms with van der Waals surface area (Å²) in [5, 5.41) is 25.3. The number of carboxylic acid groups (broad SMARTS) is 1. The Hall–Kier alpha value is -3.75. The van der Waals surface area contributed by atoms with E-state index >= 15 is 0 Å². The molecule has 9 nitrogen and oxygen atoms in total. The molecule has 0 aliphatic rings. The molecule has 2 amide bonds. The first-order valence-electron chi connectivity index (χ1n) is 8.74. The predicted molar refractivity (Wildman–Crippen MR) is 105 cm³/mol. The molecule has 29 heavy (non-hydrogen) atoms. The van der Waals surface area contributed by atoms with Gasteiger partial charge in [-0.3, -0.25) is 24.5 Å². The maximum Gasteiger partial charge on any atom is 0.315 e. The summed E-state index contributed by atoms with van der Waals surface area (Å²) in [6.45, 7) is 2.50. The second-order valence-electron chi connectivity index (χ2n) is 6.72. The van der Waals surface area contributed by atoms with Gasteiger partial charge >= 0.3 is 5.97 Å². The molecular formula is C20H21N3O6. The molecule has 2 rings (SSSR count). The first-order chi connectivity index (χ1) is 13.6. The fourth-order valence-corrected chi connectivity index (χ4v) is 2.71. The smallest absolute Gasteiger partial charge is 0.315 e. The van der Waals surface area contributed by atoms with Gasteiger partial charge in [-0.05, 0) is 31.5 Å². The summed E-state index contributed by atoms with van der Waals surface area (Å²) in [4.78, 5) is 46.3. The highest BCUT2D eigenvalue weighted by Gasteiger charge is 2.35. The maximum absolute atomic E-state index is 12.2. The number of carboxylic acids is 1. The average Bonchev–Trinajstić information content (AvgIpc) is 2.70.